The number of hydrogen-bond acceptors (Lipinski definition) is 7. The Morgan fingerprint density at radius 3 is 2.61 bits per heavy atom. The molecule has 2 heterocycles. The number of fused-ring (bicyclic) bond motifs is 1. The van der Waals surface area contributed by atoms with Crippen molar-refractivity contribution in [3.63, 3.8) is 0 Å². The molecular weight excluding hydrogens is 391 g/mol. The van der Waals surface area contributed by atoms with Crippen LogP contribution in [0.1, 0.15) is 11.7 Å². The average Bonchev–Trinajstić information content (AvgIpc) is 3.19. The highest BCUT2D eigenvalue weighted by molar-refractivity contribution is 7.92. The molecule has 0 aliphatic rings. The van der Waals surface area contributed by atoms with Crippen LogP contribution in [0, 0.1) is 12.7 Å². The summed E-state index contributed by atoms with van der Waals surface area (Å²) in [7, 11) is -3.96. The zero-order valence-electron chi connectivity index (χ0n) is 14.4. The van der Waals surface area contributed by atoms with E-state index in [0.717, 1.165) is 12.1 Å². The first-order valence-electron chi connectivity index (χ1n) is 8.03. The lowest BCUT2D eigenvalue weighted by Gasteiger charge is -2.08. The summed E-state index contributed by atoms with van der Waals surface area (Å²) in [5, 5.41) is 3.73. The zero-order valence-corrected chi connectivity index (χ0v) is 15.2. The predicted molar refractivity (Wildman–Crippen MR) is 95.8 cm³/mol. The van der Waals surface area contributed by atoms with Crippen molar-refractivity contribution in [2.24, 2.45) is 0 Å². The van der Waals surface area contributed by atoms with E-state index < -0.39 is 21.6 Å². The second kappa shape index (κ2) is 6.60. The molecule has 0 saturated heterocycles. The van der Waals surface area contributed by atoms with Crippen LogP contribution in [0.2, 0.25) is 0 Å². The predicted octanol–water partition coefficient (Wildman–Crippen LogP) is 2.27. The molecule has 2 aromatic carbocycles. The van der Waals surface area contributed by atoms with Gasteiger partial charge in [-0.2, -0.15) is 4.98 Å². The topological polar surface area (TPSA) is 120 Å². The van der Waals surface area contributed by atoms with Crippen LogP contribution in [0.5, 0.6) is 0 Å². The summed E-state index contributed by atoms with van der Waals surface area (Å²) in [5.41, 5.74) is 0.674. The Morgan fingerprint density at radius 2 is 1.93 bits per heavy atom. The lowest BCUT2D eigenvalue weighted by Crippen LogP contribution is -2.15. The fourth-order valence-corrected chi connectivity index (χ4v) is 3.72. The second-order valence-electron chi connectivity index (χ2n) is 5.93. The Bertz CT molecular complexity index is 1320. The number of hydrogen-bond donors (Lipinski definition) is 1. The number of halogens is 1. The molecule has 0 aliphatic heterocycles. The minimum Gasteiger partial charge on any atom is -0.408 e. The first-order chi connectivity index (χ1) is 13.3. The lowest BCUT2D eigenvalue weighted by atomic mass is 10.3. The van der Waals surface area contributed by atoms with E-state index in [4.69, 9.17) is 8.94 Å². The van der Waals surface area contributed by atoms with Gasteiger partial charge in [0.2, 0.25) is 5.89 Å². The summed E-state index contributed by atoms with van der Waals surface area (Å²) in [6.07, 6.45) is 0. The van der Waals surface area contributed by atoms with Crippen LogP contribution in [0.3, 0.4) is 0 Å². The number of rotatable bonds is 5. The van der Waals surface area contributed by atoms with Gasteiger partial charge in [0.05, 0.1) is 17.0 Å². The van der Waals surface area contributed by atoms with Gasteiger partial charge in [-0.3, -0.25) is 9.29 Å². The van der Waals surface area contributed by atoms with Gasteiger partial charge in [-0.05, 0) is 36.4 Å². The highest BCUT2D eigenvalue weighted by atomic mass is 32.2. The van der Waals surface area contributed by atoms with Crippen molar-refractivity contribution in [3.8, 4) is 0 Å². The highest BCUT2D eigenvalue weighted by Gasteiger charge is 2.19. The molecule has 0 atom stereocenters. The smallest absolute Gasteiger partial charge is 0.408 e. The normalized spacial score (nSPS) is 11.8. The molecule has 0 amide bonds. The second-order valence-corrected chi connectivity index (χ2v) is 7.61. The molecule has 11 heteroatoms. The number of oxazole rings is 1. The van der Waals surface area contributed by atoms with Crippen molar-refractivity contribution >= 4 is 26.8 Å². The Morgan fingerprint density at radius 1 is 1.18 bits per heavy atom. The highest BCUT2D eigenvalue weighted by Crippen LogP contribution is 2.21. The Hall–Kier alpha value is -3.47. The zero-order chi connectivity index (χ0) is 19.9. The van der Waals surface area contributed by atoms with E-state index in [1.54, 1.807) is 6.92 Å². The molecule has 0 unspecified atom stereocenters. The first-order valence-corrected chi connectivity index (χ1v) is 9.51. The summed E-state index contributed by atoms with van der Waals surface area (Å²) in [4.78, 5) is 16.1. The summed E-state index contributed by atoms with van der Waals surface area (Å²) >= 11 is 0. The van der Waals surface area contributed by atoms with Gasteiger partial charge in [-0.15, -0.1) is 0 Å². The average molecular weight is 404 g/mol. The standard InChI is InChI=1S/C17H13FN4O5S/c1-10-19-16(20-27-10)9-22-14-7-6-13(8-15(14)26-17(22)23)28(24,25)21-12-4-2-11(18)3-5-12/h2-8,21H,9H2,1H3. The van der Waals surface area contributed by atoms with E-state index in [1.165, 1.54) is 34.9 Å². The van der Waals surface area contributed by atoms with Gasteiger partial charge in [-0.1, -0.05) is 5.16 Å². The Kier molecular flexibility index (Phi) is 4.23. The molecule has 28 heavy (non-hydrogen) atoms. The molecule has 0 spiro atoms. The molecule has 0 aliphatic carbocycles. The third kappa shape index (κ3) is 3.39. The van der Waals surface area contributed by atoms with Gasteiger partial charge in [0, 0.05) is 18.7 Å². The van der Waals surface area contributed by atoms with Gasteiger partial charge in [0.25, 0.3) is 10.0 Å². The number of aromatic nitrogens is 3. The van der Waals surface area contributed by atoms with E-state index in [2.05, 4.69) is 14.9 Å². The van der Waals surface area contributed by atoms with E-state index in [-0.39, 0.29) is 28.5 Å². The molecule has 4 rings (SSSR count). The van der Waals surface area contributed by atoms with Crippen LogP contribution in [0.25, 0.3) is 11.1 Å². The number of aryl methyl sites for hydroxylation is 1. The van der Waals surface area contributed by atoms with Crippen LogP contribution in [-0.4, -0.2) is 23.1 Å². The maximum atomic E-state index is 13.0. The van der Waals surface area contributed by atoms with E-state index in [9.17, 15) is 17.6 Å². The summed E-state index contributed by atoms with van der Waals surface area (Å²) in [6.45, 7) is 1.64. The van der Waals surface area contributed by atoms with E-state index >= 15 is 0 Å². The number of benzene rings is 2. The van der Waals surface area contributed by atoms with Crippen molar-refractivity contribution in [1.82, 2.24) is 14.7 Å². The molecule has 144 valence electrons. The van der Waals surface area contributed by atoms with Crippen molar-refractivity contribution in [1.29, 1.82) is 0 Å². The van der Waals surface area contributed by atoms with Crippen LogP contribution in [-0.2, 0) is 16.6 Å². The first kappa shape index (κ1) is 17.9. The van der Waals surface area contributed by atoms with Gasteiger partial charge in [-0.25, -0.2) is 17.6 Å². The molecule has 9 nitrogen and oxygen atoms in total. The molecule has 0 bridgehead atoms. The summed E-state index contributed by atoms with van der Waals surface area (Å²) in [6, 6.07) is 8.90. The number of nitrogens with zero attached hydrogens (tertiary/aromatic N) is 3. The summed E-state index contributed by atoms with van der Waals surface area (Å²) in [5.74, 6) is -0.518. The molecule has 2 aromatic heterocycles. The van der Waals surface area contributed by atoms with Crippen LogP contribution >= 0.6 is 0 Å². The lowest BCUT2D eigenvalue weighted by molar-refractivity contribution is 0.385. The SMILES string of the molecule is Cc1nc(Cn2c(=O)oc3cc(S(=O)(=O)Nc4ccc(F)cc4)ccc32)no1. The summed E-state index contributed by atoms with van der Waals surface area (Å²) < 4.78 is 51.7. The van der Waals surface area contributed by atoms with Gasteiger partial charge in [0.1, 0.15) is 5.82 Å². The molecular formula is C17H13FN4O5S. The van der Waals surface area contributed by atoms with Crippen molar-refractivity contribution in [2.45, 2.75) is 18.4 Å². The maximum absolute atomic E-state index is 13.0. The maximum Gasteiger partial charge on any atom is 0.420 e. The minimum absolute atomic E-state index is 0.0170. The van der Waals surface area contributed by atoms with Gasteiger partial charge in [0.15, 0.2) is 11.4 Å². The van der Waals surface area contributed by atoms with E-state index in [0.29, 0.717) is 11.4 Å². The van der Waals surface area contributed by atoms with Gasteiger partial charge < -0.3 is 8.94 Å². The quantitative estimate of drug-likeness (QED) is 0.542. The largest absolute Gasteiger partial charge is 0.420 e. The van der Waals surface area contributed by atoms with Crippen molar-refractivity contribution in [2.75, 3.05) is 4.72 Å². The Labute approximate surface area is 157 Å². The monoisotopic (exact) mass is 404 g/mol. The fourth-order valence-electron chi connectivity index (χ4n) is 2.64. The number of nitrogens with one attached hydrogen (secondary N) is 1. The fraction of sp³-hybridized carbons (Fsp3) is 0.118. The molecule has 0 fully saturated rings. The van der Waals surface area contributed by atoms with Crippen LogP contribution in [0.15, 0.2) is 61.1 Å². The molecule has 1 N–H and O–H groups in total. The molecule has 0 saturated carbocycles. The van der Waals surface area contributed by atoms with E-state index in [1.807, 2.05) is 0 Å². The third-order valence-corrected chi connectivity index (χ3v) is 5.29. The number of anilines is 1. The number of sulfonamides is 1. The van der Waals surface area contributed by atoms with Crippen LogP contribution < -0.4 is 10.5 Å². The minimum atomic E-state index is -3.96. The molecule has 4 aromatic rings. The van der Waals surface area contributed by atoms with Crippen molar-refractivity contribution < 1.29 is 21.7 Å². The van der Waals surface area contributed by atoms with Crippen LogP contribution in [0.4, 0.5) is 10.1 Å². The van der Waals surface area contributed by atoms with Crippen molar-refractivity contribution in [3.05, 3.63) is 70.5 Å². The molecule has 0 radical (unpaired) electrons. The van der Waals surface area contributed by atoms with Gasteiger partial charge >= 0.3 is 5.76 Å². The third-order valence-electron chi connectivity index (χ3n) is 3.92. The Balaban J connectivity index is 1.68.